The molecule has 0 aromatic heterocycles. The number of halogens is 5. The van der Waals surface area contributed by atoms with Crippen LogP contribution in [0.1, 0.15) is 0 Å². The summed E-state index contributed by atoms with van der Waals surface area (Å²) in [5.74, 6) is -6.02. The minimum atomic E-state index is -6.30. The summed E-state index contributed by atoms with van der Waals surface area (Å²) in [6.07, 6.45) is -6.30. The van der Waals surface area contributed by atoms with E-state index < -0.39 is 25.2 Å². The molecule has 0 saturated carbocycles. The molecule has 0 aromatic rings. The van der Waals surface area contributed by atoms with Crippen molar-refractivity contribution in [3.05, 3.63) is 0 Å². The van der Waals surface area contributed by atoms with Gasteiger partial charge in [0.2, 0.25) is 0 Å². The normalized spacial score (nSPS) is 14.4. The van der Waals surface area contributed by atoms with Gasteiger partial charge in [-0.2, -0.15) is 22.0 Å². The van der Waals surface area contributed by atoms with Gasteiger partial charge in [0.1, 0.15) is 0 Å². The average Bonchev–Trinajstić information content (AvgIpc) is 1.81. The van der Waals surface area contributed by atoms with E-state index in [9.17, 15) is 31.3 Å². The van der Waals surface area contributed by atoms with Crippen LogP contribution in [0.25, 0.3) is 0 Å². The number of alkyl halides is 5. The molecule has 0 atom stereocenters. The lowest BCUT2D eigenvalue weighted by Crippen LogP contribution is -2.43. The van der Waals surface area contributed by atoms with Gasteiger partial charge in [-0.05, 0) is 0 Å². The highest BCUT2D eigenvalue weighted by Crippen LogP contribution is 2.48. The van der Waals surface area contributed by atoms with Crippen molar-refractivity contribution in [3.8, 4) is 0 Å². The molecule has 0 aromatic carbocycles. The summed E-state index contributed by atoms with van der Waals surface area (Å²) >= 11 is 0. The average molecular weight is 228 g/mol. The van der Waals surface area contributed by atoms with Crippen molar-refractivity contribution in [2.24, 2.45) is 0 Å². The molecule has 10 heteroatoms. The monoisotopic (exact) mass is 228 g/mol. The predicted octanol–water partition coefficient (Wildman–Crippen LogP) is 0.888. The molecule has 0 bridgehead atoms. The fraction of sp³-hybridized carbons (Fsp3) is 0.667. The molecule has 0 rings (SSSR count). The zero-order valence-corrected chi connectivity index (χ0v) is 6.44. The van der Waals surface area contributed by atoms with Gasteiger partial charge in [-0.1, -0.05) is 0 Å². The van der Waals surface area contributed by atoms with Crippen LogP contribution < -0.4 is 0 Å². The van der Waals surface area contributed by atoms with Gasteiger partial charge in [0.25, 0.3) is 0 Å². The van der Waals surface area contributed by atoms with Crippen LogP contribution in [-0.2, 0) is 9.36 Å². The maximum Gasteiger partial charge on any atom is 0.462 e. The van der Waals surface area contributed by atoms with Crippen molar-refractivity contribution in [1.29, 1.82) is 0 Å². The van der Waals surface area contributed by atoms with Crippen LogP contribution in [0, 0.1) is 0 Å². The highest BCUT2D eigenvalue weighted by Gasteiger charge is 2.67. The van der Waals surface area contributed by atoms with Crippen LogP contribution in [0.5, 0.6) is 0 Å². The highest BCUT2D eigenvalue weighted by molar-refractivity contribution is 7.70. The van der Waals surface area contributed by atoms with Gasteiger partial charge in [0.15, 0.2) is 0 Å². The Balaban J connectivity index is 5.10. The Morgan fingerprint density at radius 3 is 1.46 bits per heavy atom. The number of hydrogen-bond acceptors (Lipinski definition) is 2. The lowest BCUT2D eigenvalue weighted by Gasteiger charge is -2.17. The van der Waals surface area contributed by atoms with E-state index in [-0.39, 0.29) is 0 Å². The molecule has 0 saturated heterocycles. The summed E-state index contributed by atoms with van der Waals surface area (Å²) in [5, 5.41) is 0. The molecule has 0 aliphatic heterocycles. The summed E-state index contributed by atoms with van der Waals surface area (Å²) in [4.78, 5) is 25.4. The van der Waals surface area contributed by atoms with E-state index in [0.717, 1.165) is 0 Å². The fourth-order valence-corrected chi connectivity index (χ4v) is 0.797. The molecule has 0 unspecified atom stereocenters. The van der Waals surface area contributed by atoms with E-state index in [4.69, 9.17) is 9.79 Å². The van der Waals surface area contributed by atoms with Crippen molar-refractivity contribution in [1.82, 2.24) is 0 Å². The summed E-state index contributed by atoms with van der Waals surface area (Å²) in [5.41, 5.74) is -3.45. The SMILES string of the molecule is O=C(C(F)(F)C(F)(F)F)P(=O)(O)O. The maximum absolute atomic E-state index is 11.9. The lowest BCUT2D eigenvalue weighted by atomic mass is 10.4. The molecule has 13 heavy (non-hydrogen) atoms. The van der Waals surface area contributed by atoms with Crippen molar-refractivity contribution in [3.63, 3.8) is 0 Å². The quantitative estimate of drug-likeness (QED) is 0.543. The summed E-state index contributed by atoms with van der Waals surface area (Å²) in [7, 11) is -6.08. The summed E-state index contributed by atoms with van der Waals surface area (Å²) < 4.78 is 67.4. The molecule has 0 aliphatic rings. The first-order valence-corrected chi connectivity index (χ1v) is 4.07. The van der Waals surface area contributed by atoms with Gasteiger partial charge in [-0.25, -0.2) is 0 Å². The molecule has 0 radical (unpaired) electrons. The zero-order chi connectivity index (χ0) is 11.1. The van der Waals surface area contributed by atoms with Gasteiger partial charge in [0, 0.05) is 0 Å². The third-order valence-electron chi connectivity index (χ3n) is 0.889. The van der Waals surface area contributed by atoms with Gasteiger partial charge >= 0.3 is 25.2 Å². The van der Waals surface area contributed by atoms with E-state index in [1.807, 2.05) is 0 Å². The molecular weight excluding hydrogens is 226 g/mol. The van der Waals surface area contributed by atoms with E-state index in [1.165, 1.54) is 0 Å². The molecular formula is C3H2F5O4P. The van der Waals surface area contributed by atoms with Gasteiger partial charge < -0.3 is 9.79 Å². The molecule has 0 amide bonds. The molecule has 0 aliphatic carbocycles. The van der Waals surface area contributed by atoms with E-state index in [1.54, 1.807) is 0 Å². The second kappa shape index (κ2) is 3.00. The topological polar surface area (TPSA) is 74.6 Å². The Morgan fingerprint density at radius 1 is 1.08 bits per heavy atom. The summed E-state index contributed by atoms with van der Waals surface area (Å²) in [6, 6.07) is 0. The van der Waals surface area contributed by atoms with Crippen molar-refractivity contribution >= 4 is 13.1 Å². The lowest BCUT2D eigenvalue weighted by molar-refractivity contribution is -0.265. The number of carbonyl (C=O) groups excluding carboxylic acids is 1. The Kier molecular flexibility index (Phi) is 2.88. The van der Waals surface area contributed by atoms with Crippen molar-refractivity contribution in [2.75, 3.05) is 0 Å². The highest BCUT2D eigenvalue weighted by atomic mass is 31.2. The first-order valence-electron chi connectivity index (χ1n) is 2.46. The fourth-order valence-electron chi connectivity index (χ4n) is 0.304. The second-order valence-electron chi connectivity index (χ2n) is 1.92. The molecule has 2 N–H and O–H groups in total. The molecule has 4 nitrogen and oxygen atoms in total. The number of rotatable bonds is 2. The predicted molar refractivity (Wildman–Crippen MR) is 28.1 cm³/mol. The first-order chi connectivity index (χ1) is 5.40. The van der Waals surface area contributed by atoms with Gasteiger partial charge in [-0.15, -0.1) is 0 Å². The Labute approximate surface area is 67.5 Å². The third kappa shape index (κ3) is 2.45. The molecule has 78 valence electrons. The Morgan fingerprint density at radius 2 is 1.38 bits per heavy atom. The smallest absolute Gasteiger partial charge is 0.319 e. The van der Waals surface area contributed by atoms with Crippen LogP contribution in [0.2, 0.25) is 0 Å². The zero-order valence-electron chi connectivity index (χ0n) is 5.55. The van der Waals surface area contributed by atoms with E-state index in [2.05, 4.69) is 0 Å². The molecule has 0 heterocycles. The van der Waals surface area contributed by atoms with Crippen LogP contribution >= 0.6 is 7.60 Å². The van der Waals surface area contributed by atoms with Crippen molar-refractivity contribution in [2.45, 2.75) is 12.1 Å². The third-order valence-corrected chi connectivity index (χ3v) is 1.70. The van der Waals surface area contributed by atoms with Gasteiger partial charge in [-0.3, -0.25) is 9.36 Å². The largest absolute Gasteiger partial charge is 0.462 e. The standard InChI is InChI=1S/C3H2F5O4P/c4-2(5,3(6,7)8)1(9)13(10,11)12/h(H2,10,11,12). The molecule has 0 fully saturated rings. The van der Waals surface area contributed by atoms with Crippen molar-refractivity contribution < 1.29 is 41.1 Å². The van der Waals surface area contributed by atoms with Crippen LogP contribution in [0.4, 0.5) is 22.0 Å². The Hall–Kier alpha value is -0.530. The second-order valence-corrected chi connectivity index (χ2v) is 3.42. The molecule has 0 spiro atoms. The van der Waals surface area contributed by atoms with E-state index >= 15 is 0 Å². The van der Waals surface area contributed by atoms with E-state index in [0.29, 0.717) is 0 Å². The van der Waals surface area contributed by atoms with Crippen LogP contribution in [0.15, 0.2) is 0 Å². The first kappa shape index (κ1) is 12.5. The Bertz CT molecular complexity index is 263. The van der Waals surface area contributed by atoms with Crippen LogP contribution in [0.3, 0.4) is 0 Å². The minimum absolute atomic E-state index is 3.45. The maximum atomic E-state index is 11.9. The van der Waals surface area contributed by atoms with Crippen LogP contribution in [-0.4, -0.2) is 27.4 Å². The minimum Gasteiger partial charge on any atom is -0.319 e. The number of carbonyl (C=O) groups is 1. The number of hydrogen-bond donors (Lipinski definition) is 2. The summed E-state index contributed by atoms with van der Waals surface area (Å²) in [6.45, 7) is 0. The van der Waals surface area contributed by atoms with Gasteiger partial charge in [0.05, 0.1) is 0 Å².